The van der Waals surface area contributed by atoms with E-state index in [0.29, 0.717) is 15.6 Å². The molecule has 0 heterocycles. The van der Waals surface area contributed by atoms with Crippen molar-refractivity contribution in [2.24, 2.45) is 0 Å². The lowest BCUT2D eigenvalue weighted by atomic mass is 10.2. The van der Waals surface area contributed by atoms with Gasteiger partial charge in [-0.2, -0.15) is 13.2 Å². The van der Waals surface area contributed by atoms with Gasteiger partial charge in [0, 0.05) is 5.56 Å². The average molecular weight is 289 g/mol. The van der Waals surface area contributed by atoms with E-state index in [1.54, 1.807) is 12.1 Å². The summed E-state index contributed by atoms with van der Waals surface area (Å²) in [6.07, 6.45) is -4.36. The van der Waals surface area contributed by atoms with Crippen LogP contribution in [0.15, 0.2) is 18.2 Å². The van der Waals surface area contributed by atoms with Crippen LogP contribution in [-0.4, -0.2) is 23.5 Å². The van der Waals surface area contributed by atoms with Gasteiger partial charge in [0.25, 0.3) is 0 Å². The van der Waals surface area contributed by atoms with Gasteiger partial charge in [-0.25, -0.2) is 4.79 Å². The van der Waals surface area contributed by atoms with Crippen LogP contribution in [0.1, 0.15) is 10.4 Å². The first kappa shape index (κ1) is 15.7. The van der Waals surface area contributed by atoms with Crippen molar-refractivity contribution in [1.82, 2.24) is 0 Å². The predicted molar refractivity (Wildman–Crippen MR) is 55.5 cm³/mol. The number of aldehydes is 1. The molecule has 17 heavy (non-hydrogen) atoms. The van der Waals surface area contributed by atoms with Crippen molar-refractivity contribution in [3.8, 4) is 0 Å². The molecule has 0 aliphatic carbocycles. The molecule has 0 radical (unpaired) electrons. The molecule has 0 amide bonds. The number of aliphatic carboxylic acids is 1. The number of rotatable bonds is 1. The summed E-state index contributed by atoms with van der Waals surface area (Å²) >= 11 is 11.2. The van der Waals surface area contributed by atoms with Crippen molar-refractivity contribution < 1.29 is 27.9 Å². The molecule has 0 fully saturated rings. The number of carboxylic acid groups (broad SMARTS) is 1. The van der Waals surface area contributed by atoms with Crippen molar-refractivity contribution >= 4 is 35.5 Å². The fourth-order valence-electron chi connectivity index (χ4n) is 0.586. The minimum Gasteiger partial charge on any atom is -0.475 e. The first-order valence-corrected chi connectivity index (χ1v) is 4.64. The molecule has 3 nitrogen and oxygen atoms in total. The van der Waals surface area contributed by atoms with Gasteiger partial charge in [-0.3, -0.25) is 4.79 Å². The number of carboxylic acids is 1. The molecular formula is C9H5Cl2F3O3. The summed E-state index contributed by atoms with van der Waals surface area (Å²) in [5.74, 6) is -2.76. The maximum Gasteiger partial charge on any atom is 0.490 e. The fourth-order valence-corrected chi connectivity index (χ4v) is 0.892. The lowest BCUT2D eigenvalue weighted by molar-refractivity contribution is -0.192. The van der Waals surface area contributed by atoms with Crippen molar-refractivity contribution in [2.45, 2.75) is 6.18 Å². The highest BCUT2D eigenvalue weighted by molar-refractivity contribution is 6.42. The van der Waals surface area contributed by atoms with Crippen molar-refractivity contribution in [2.75, 3.05) is 0 Å². The van der Waals surface area contributed by atoms with Crippen molar-refractivity contribution in [1.29, 1.82) is 0 Å². The Labute approximate surface area is 104 Å². The van der Waals surface area contributed by atoms with E-state index in [-0.39, 0.29) is 0 Å². The summed E-state index contributed by atoms with van der Waals surface area (Å²) in [6, 6.07) is 4.73. The van der Waals surface area contributed by atoms with E-state index in [1.807, 2.05) is 0 Å². The molecule has 94 valence electrons. The number of benzene rings is 1. The fraction of sp³-hybridized carbons (Fsp3) is 0.111. The van der Waals surface area contributed by atoms with E-state index >= 15 is 0 Å². The molecule has 0 atom stereocenters. The zero-order chi connectivity index (χ0) is 13.6. The van der Waals surface area contributed by atoms with E-state index in [2.05, 4.69) is 0 Å². The minimum absolute atomic E-state index is 0.409. The predicted octanol–water partition coefficient (Wildman–Crippen LogP) is 3.44. The van der Waals surface area contributed by atoms with Gasteiger partial charge < -0.3 is 5.11 Å². The Morgan fingerprint density at radius 1 is 1.24 bits per heavy atom. The maximum atomic E-state index is 10.6. The molecule has 0 bridgehead atoms. The summed E-state index contributed by atoms with van der Waals surface area (Å²) in [5, 5.41) is 8.00. The Morgan fingerprint density at radius 2 is 1.71 bits per heavy atom. The van der Waals surface area contributed by atoms with E-state index in [0.717, 1.165) is 6.29 Å². The van der Waals surface area contributed by atoms with Crippen LogP contribution in [0.2, 0.25) is 10.0 Å². The average Bonchev–Trinajstić information content (AvgIpc) is 2.21. The Hall–Kier alpha value is -1.27. The minimum atomic E-state index is -5.08. The summed E-state index contributed by atoms with van der Waals surface area (Å²) in [4.78, 5) is 19.1. The maximum absolute atomic E-state index is 10.6. The van der Waals surface area contributed by atoms with Gasteiger partial charge in [0.2, 0.25) is 0 Å². The molecule has 1 aromatic carbocycles. The molecule has 0 aliphatic heterocycles. The van der Waals surface area contributed by atoms with Gasteiger partial charge in [0.1, 0.15) is 6.29 Å². The molecule has 0 saturated carbocycles. The number of carbonyl (C=O) groups is 2. The largest absolute Gasteiger partial charge is 0.490 e. The van der Waals surface area contributed by atoms with E-state index < -0.39 is 12.1 Å². The summed E-state index contributed by atoms with van der Waals surface area (Å²) in [6.45, 7) is 0. The van der Waals surface area contributed by atoms with Crippen LogP contribution in [-0.2, 0) is 4.79 Å². The second-order valence-corrected chi connectivity index (χ2v) is 3.41. The normalized spacial score (nSPS) is 10.2. The Balaban J connectivity index is 0.000000325. The van der Waals surface area contributed by atoms with Gasteiger partial charge in [-0.15, -0.1) is 0 Å². The Morgan fingerprint density at radius 3 is 2.00 bits per heavy atom. The molecule has 8 heteroatoms. The number of carbonyl (C=O) groups excluding carboxylic acids is 1. The highest BCUT2D eigenvalue weighted by Gasteiger charge is 2.38. The molecular weight excluding hydrogens is 284 g/mol. The van der Waals surface area contributed by atoms with Gasteiger partial charge in [0.05, 0.1) is 10.0 Å². The van der Waals surface area contributed by atoms with Crippen molar-refractivity contribution in [3.05, 3.63) is 33.8 Å². The number of hydrogen-bond acceptors (Lipinski definition) is 2. The van der Waals surface area contributed by atoms with Gasteiger partial charge in [0.15, 0.2) is 0 Å². The van der Waals surface area contributed by atoms with Crippen LogP contribution in [0.4, 0.5) is 13.2 Å². The number of alkyl halides is 3. The quantitative estimate of drug-likeness (QED) is 0.806. The van der Waals surface area contributed by atoms with Crippen LogP contribution in [0.25, 0.3) is 0 Å². The molecule has 0 aliphatic rings. The van der Waals surface area contributed by atoms with Crippen LogP contribution in [0.3, 0.4) is 0 Å². The summed E-state index contributed by atoms with van der Waals surface area (Å²) in [7, 11) is 0. The molecule has 0 aromatic heterocycles. The first-order chi connectivity index (χ1) is 7.68. The van der Waals surface area contributed by atoms with E-state index in [1.165, 1.54) is 6.07 Å². The van der Waals surface area contributed by atoms with E-state index in [9.17, 15) is 18.0 Å². The van der Waals surface area contributed by atoms with Crippen LogP contribution >= 0.6 is 23.2 Å². The Bertz CT molecular complexity index is 418. The van der Waals surface area contributed by atoms with Gasteiger partial charge >= 0.3 is 12.1 Å². The molecule has 0 saturated heterocycles. The summed E-state index contributed by atoms with van der Waals surface area (Å²) in [5.41, 5.74) is 0.536. The zero-order valence-electron chi connectivity index (χ0n) is 7.96. The lowest BCUT2D eigenvalue weighted by Gasteiger charge is -1.93. The molecule has 0 unspecified atom stereocenters. The third-order valence-electron chi connectivity index (χ3n) is 1.32. The molecule has 1 rings (SSSR count). The third-order valence-corrected chi connectivity index (χ3v) is 2.06. The molecule has 0 spiro atoms. The summed E-state index contributed by atoms with van der Waals surface area (Å²) < 4.78 is 31.7. The Kier molecular flexibility index (Phi) is 5.98. The topological polar surface area (TPSA) is 54.4 Å². The third kappa shape index (κ3) is 6.13. The lowest BCUT2D eigenvalue weighted by Crippen LogP contribution is -2.21. The van der Waals surface area contributed by atoms with E-state index in [4.69, 9.17) is 33.1 Å². The van der Waals surface area contributed by atoms with Gasteiger partial charge in [-0.05, 0) is 12.1 Å². The van der Waals surface area contributed by atoms with Crippen molar-refractivity contribution in [3.63, 3.8) is 0 Å². The molecule has 1 N–H and O–H groups in total. The SMILES string of the molecule is O=C(O)C(F)(F)F.O=Cc1ccc(Cl)c(Cl)c1. The molecule has 1 aromatic rings. The number of hydrogen-bond donors (Lipinski definition) is 1. The second-order valence-electron chi connectivity index (χ2n) is 2.59. The van der Waals surface area contributed by atoms with Crippen LogP contribution in [0.5, 0.6) is 0 Å². The number of halogens is 5. The highest BCUT2D eigenvalue weighted by atomic mass is 35.5. The zero-order valence-corrected chi connectivity index (χ0v) is 9.47. The van der Waals surface area contributed by atoms with Crippen LogP contribution < -0.4 is 0 Å². The highest BCUT2D eigenvalue weighted by Crippen LogP contribution is 2.21. The smallest absolute Gasteiger partial charge is 0.475 e. The van der Waals surface area contributed by atoms with Crippen LogP contribution in [0, 0.1) is 0 Å². The monoisotopic (exact) mass is 288 g/mol. The standard InChI is InChI=1S/C7H4Cl2O.C2HF3O2/c8-6-2-1-5(4-10)3-7(6)9;3-2(4,5)1(6)7/h1-4H;(H,6,7). The van der Waals surface area contributed by atoms with Gasteiger partial charge in [-0.1, -0.05) is 29.3 Å². The second kappa shape index (κ2) is 6.46. The first-order valence-electron chi connectivity index (χ1n) is 3.89.